The van der Waals surface area contributed by atoms with Crippen molar-refractivity contribution in [3.8, 4) is 5.75 Å². The lowest BCUT2D eigenvalue weighted by Gasteiger charge is -2.33. The third-order valence-corrected chi connectivity index (χ3v) is 3.65. The van der Waals surface area contributed by atoms with Gasteiger partial charge < -0.3 is 10.5 Å². The zero-order valence-electron chi connectivity index (χ0n) is 12.7. The fraction of sp³-hybridized carbons (Fsp3) is 0.625. The van der Waals surface area contributed by atoms with E-state index in [1.807, 2.05) is 12.1 Å². The SMILES string of the molecule is CCCCN(C)C(c1cccc(OC)c1)C(N)CC. The maximum absolute atomic E-state index is 6.33. The first-order chi connectivity index (χ1) is 9.13. The van der Waals surface area contributed by atoms with Crippen molar-refractivity contribution in [2.75, 3.05) is 20.7 Å². The zero-order valence-corrected chi connectivity index (χ0v) is 12.7. The van der Waals surface area contributed by atoms with E-state index in [9.17, 15) is 0 Å². The lowest BCUT2D eigenvalue weighted by molar-refractivity contribution is 0.206. The Bertz CT molecular complexity index is 368. The lowest BCUT2D eigenvalue weighted by Crippen LogP contribution is -2.39. The molecule has 0 aliphatic carbocycles. The second-order valence-electron chi connectivity index (χ2n) is 5.13. The van der Waals surface area contributed by atoms with Gasteiger partial charge in [-0.3, -0.25) is 4.90 Å². The van der Waals surface area contributed by atoms with Gasteiger partial charge in [0.2, 0.25) is 0 Å². The van der Waals surface area contributed by atoms with Crippen molar-refractivity contribution in [1.29, 1.82) is 0 Å². The Morgan fingerprint density at radius 2 is 2.05 bits per heavy atom. The molecule has 0 amide bonds. The molecular weight excluding hydrogens is 236 g/mol. The van der Waals surface area contributed by atoms with Crippen LogP contribution < -0.4 is 10.5 Å². The summed E-state index contributed by atoms with van der Waals surface area (Å²) in [5.41, 5.74) is 7.57. The molecular formula is C16H28N2O. The summed E-state index contributed by atoms with van der Waals surface area (Å²) in [4.78, 5) is 2.37. The van der Waals surface area contributed by atoms with E-state index in [1.165, 1.54) is 18.4 Å². The summed E-state index contributed by atoms with van der Waals surface area (Å²) >= 11 is 0. The topological polar surface area (TPSA) is 38.5 Å². The van der Waals surface area contributed by atoms with E-state index in [4.69, 9.17) is 10.5 Å². The maximum Gasteiger partial charge on any atom is 0.119 e. The smallest absolute Gasteiger partial charge is 0.119 e. The number of hydrogen-bond donors (Lipinski definition) is 1. The Morgan fingerprint density at radius 3 is 2.63 bits per heavy atom. The van der Waals surface area contributed by atoms with Crippen molar-refractivity contribution in [2.24, 2.45) is 5.73 Å². The standard InChI is InChI=1S/C16H28N2O/c1-5-7-11-18(3)16(15(17)6-2)13-9-8-10-14(12-13)19-4/h8-10,12,15-16H,5-7,11,17H2,1-4H3. The number of rotatable bonds is 8. The van der Waals surface area contributed by atoms with Crippen LogP contribution in [0.2, 0.25) is 0 Å². The maximum atomic E-state index is 6.33. The molecule has 1 aromatic carbocycles. The molecule has 0 radical (unpaired) electrons. The van der Waals surface area contributed by atoms with Crippen molar-refractivity contribution in [1.82, 2.24) is 4.90 Å². The first-order valence-corrected chi connectivity index (χ1v) is 7.23. The largest absolute Gasteiger partial charge is 0.497 e. The molecule has 2 unspecified atom stereocenters. The van der Waals surface area contributed by atoms with Crippen molar-refractivity contribution in [2.45, 2.75) is 45.2 Å². The van der Waals surface area contributed by atoms with Gasteiger partial charge in [-0.1, -0.05) is 32.4 Å². The van der Waals surface area contributed by atoms with Crippen LogP contribution in [0.1, 0.15) is 44.7 Å². The molecule has 0 saturated carbocycles. The van der Waals surface area contributed by atoms with Gasteiger partial charge in [-0.25, -0.2) is 0 Å². The molecule has 2 N–H and O–H groups in total. The second kappa shape index (κ2) is 8.18. The molecule has 0 aliphatic heterocycles. The number of likely N-dealkylation sites (N-methyl/N-ethyl adjacent to an activating group) is 1. The molecule has 19 heavy (non-hydrogen) atoms. The van der Waals surface area contributed by atoms with Gasteiger partial charge in [0, 0.05) is 12.1 Å². The predicted octanol–water partition coefficient (Wildman–Crippen LogP) is 3.21. The Hall–Kier alpha value is -1.06. The number of nitrogens with zero attached hydrogens (tertiary/aromatic N) is 1. The molecule has 0 bridgehead atoms. The van der Waals surface area contributed by atoms with Crippen LogP contribution >= 0.6 is 0 Å². The average molecular weight is 264 g/mol. The highest BCUT2D eigenvalue weighted by molar-refractivity contribution is 5.31. The Morgan fingerprint density at radius 1 is 1.32 bits per heavy atom. The second-order valence-corrected chi connectivity index (χ2v) is 5.13. The minimum atomic E-state index is 0.147. The number of nitrogens with two attached hydrogens (primary N) is 1. The summed E-state index contributed by atoms with van der Waals surface area (Å²) in [5.74, 6) is 0.898. The molecule has 0 saturated heterocycles. The summed E-state index contributed by atoms with van der Waals surface area (Å²) in [6.45, 7) is 5.44. The first-order valence-electron chi connectivity index (χ1n) is 7.23. The van der Waals surface area contributed by atoms with Gasteiger partial charge in [0.25, 0.3) is 0 Å². The molecule has 0 spiro atoms. The highest BCUT2D eigenvalue weighted by Crippen LogP contribution is 2.27. The Balaban J connectivity index is 2.94. The van der Waals surface area contributed by atoms with Gasteiger partial charge in [-0.15, -0.1) is 0 Å². The molecule has 0 aromatic heterocycles. The molecule has 2 atom stereocenters. The minimum absolute atomic E-state index is 0.147. The van der Waals surface area contributed by atoms with Crippen molar-refractivity contribution in [3.63, 3.8) is 0 Å². The fourth-order valence-electron chi connectivity index (χ4n) is 2.42. The fourth-order valence-corrected chi connectivity index (χ4v) is 2.42. The van der Waals surface area contributed by atoms with Gasteiger partial charge in [0.1, 0.15) is 5.75 Å². The average Bonchev–Trinajstić information content (AvgIpc) is 2.45. The Kier molecular flexibility index (Phi) is 6.89. The van der Waals surface area contributed by atoms with E-state index in [1.54, 1.807) is 7.11 Å². The van der Waals surface area contributed by atoms with Gasteiger partial charge in [-0.05, 0) is 44.1 Å². The summed E-state index contributed by atoms with van der Waals surface area (Å²) in [6, 6.07) is 8.66. The first kappa shape index (κ1) is 16.0. The summed E-state index contributed by atoms with van der Waals surface area (Å²) in [6.07, 6.45) is 3.38. The predicted molar refractivity (Wildman–Crippen MR) is 81.5 cm³/mol. The zero-order chi connectivity index (χ0) is 14.3. The highest BCUT2D eigenvalue weighted by Gasteiger charge is 2.23. The monoisotopic (exact) mass is 264 g/mol. The van der Waals surface area contributed by atoms with Crippen molar-refractivity contribution < 1.29 is 4.74 Å². The van der Waals surface area contributed by atoms with Gasteiger partial charge >= 0.3 is 0 Å². The van der Waals surface area contributed by atoms with Gasteiger partial charge in [-0.2, -0.15) is 0 Å². The van der Waals surface area contributed by atoms with E-state index in [0.29, 0.717) is 0 Å². The van der Waals surface area contributed by atoms with Crippen LogP contribution in [-0.4, -0.2) is 31.6 Å². The van der Waals surface area contributed by atoms with Gasteiger partial charge in [0.15, 0.2) is 0 Å². The summed E-state index contributed by atoms with van der Waals surface area (Å²) < 4.78 is 5.32. The van der Waals surface area contributed by atoms with Crippen molar-refractivity contribution >= 4 is 0 Å². The van der Waals surface area contributed by atoms with Crippen LogP contribution in [0.5, 0.6) is 5.75 Å². The molecule has 0 fully saturated rings. The molecule has 3 heteroatoms. The summed E-state index contributed by atoms with van der Waals surface area (Å²) in [7, 11) is 3.87. The molecule has 3 nitrogen and oxygen atoms in total. The molecule has 108 valence electrons. The van der Waals surface area contributed by atoms with Gasteiger partial charge in [0.05, 0.1) is 7.11 Å². The number of methoxy groups -OCH3 is 1. The van der Waals surface area contributed by atoms with E-state index in [2.05, 4.69) is 37.9 Å². The normalized spacial score (nSPS) is 14.4. The van der Waals surface area contributed by atoms with E-state index in [0.717, 1.165) is 18.7 Å². The van der Waals surface area contributed by atoms with E-state index in [-0.39, 0.29) is 12.1 Å². The van der Waals surface area contributed by atoms with Crippen LogP contribution in [0.4, 0.5) is 0 Å². The van der Waals surface area contributed by atoms with Crippen LogP contribution in [0.15, 0.2) is 24.3 Å². The molecule has 0 heterocycles. The van der Waals surface area contributed by atoms with Crippen LogP contribution in [0, 0.1) is 0 Å². The lowest BCUT2D eigenvalue weighted by atomic mass is 9.96. The number of hydrogen-bond acceptors (Lipinski definition) is 3. The number of unbranched alkanes of at least 4 members (excludes halogenated alkanes) is 1. The van der Waals surface area contributed by atoms with Crippen LogP contribution in [0.3, 0.4) is 0 Å². The van der Waals surface area contributed by atoms with E-state index >= 15 is 0 Å². The van der Waals surface area contributed by atoms with Crippen LogP contribution in [0.25, 0.3) is 0 Å². The number of benzene rings is 1. The van der Waals surface area contributed by atoms with Crippen molar-refractivity contribution in [3.05, 3.63) is 29.8 Å². The quantitative estimate of drug-likeness (QED) is 0.783. The minimum Gasteiger partial charge on any atom is -0.497 e. The third-order valence-electron chi connectivity index (χ3n) is 3.65. The molecule has 1 rings (SSSR count). The Labute approximate surface area is 117 Å². The molecule has 1 aromatic rings. The number of ether oxygens (including phenoxy) is 1. The third kappa shape index (κ3) is 4.51. The van der Waals surface area contributed by atoms with Crippen LogP contribution in [-0.2, 0) is 0 Å². The van der Waals surface area contributed by atoms with E-state index < -0.39 is 0 Å². The highest BCUT2D eigenvalue weighted by atomic mass is 16.5. The summed E-state index contributed by atoms with van der Waals surface area (Å²) in [5, 5.41) is 0. The molecule has 0 aliphatic rings.